The third kappa shape index (κ3) is 2.92. The van der Waals surface area contributed by atoms with Crippen LogP contribution in [0.25, 0.3) is 0 Å². The maximum atomic E-state index is 12.0. The van der Waals surface area contributed by atoms with Gasteiger partial charge >= 0.3 is 0 Å². The lowest BCUT2D eigenvalue weighted by Gasteiger charge is -2.45. The number of β-lactam (4-membered cyclic amide) rings is 1. The second kappa shape index (κ2) is 6.78. The highest BCUT2D eigenvalue weighted by molar-refractivity contribution is 5.83. The molecule has 114 valence electrons. The first kappa shape index (κ1) is 14.8. The van der Waals surface area contributed by atoms with E-state index in [9.17, 15) is 4.79 Å². The molecule has 1 aliphatic rings. The van der Waals surface area contributed by atoms with Gasteiger partial charge in [-0.15, -0.1) is 0 Å². The van der Waals surface area contributed by atoms with Gasteiger partial charge in [-0.05, 0) is 17.5 Å². The molecule has 1 aliphatic heterocycles. The predicted octanol–water partition coefficient (Wildman–Crippen LogP) is 4.22. The van der Waals surface area contributed by atoms with Crippen LogP contribution in [-0.4, -0.2) is 23.4 Å². The molecular formula is C20H23NO. The average Bonchev–Trinajstić information content (AvgIpc) is 2.57. The van der Waals surface area contributed by atoms with E-state index in [0.717, 1.165) is 19.4 Å². The molecule has 2 aromatic carbocycles. The maximum Gasteiger partial charge on any atom is 0.224 e. The molecule has 1 saturated heterocycles. The highest BCUT2D eigenvalue weighted by atomic mass is 16.2. The zero-order valence-electron chi connectivity index (χ0n) is 13.1. The molecule has 0 bridgehead atoms. The van der Waals surface area contributed by atoms with E-state index in [1.54, 1.807) is 0 Å². The molecule has 1 fully saturated rings. The summed E-state index contributed by atoms with van der Waals surface area (Å²) in [6.07, 6.45) is 2.87. The maximum absolute atomic E-state index is 12.0. The van der Waals surface area contributed by atoms with Crippen LogP contribution in [0.3, 0.4) is 0 Å². The number of nitrogens with zero attached hydrogens (tertiary/aromatic N) is 1. The molecule has 3 rings (SSSR count). The SMILES string of the molecule is CCCCN1C(=O)CC1C(c1ccccc1)c1ccccc1. The smallest absolute Gasteiger partial charge is 0.224 e. The quantitative estimate of drug-likeness (QED) is 0.730. The van der Waals surface area contributed by atoms with E-state index < -0.39 is 0 Å². The van der Waals surface area contributed by atoms with Crippen molar-refractivity contribution >= 4 is 5.91 Å². The van der Waals surface area contributed by atoms with Crippen molar-refractivity contribution in [3.8, 4) is 0 Å². The molecule has 0 aliphatic carbocycles. The van der Waals surface area contributed by atoms with E-state index in [1.807, 2.05) is 12.1 Å². The second-order valence-corrected chi connectivity index (χ2v) is 6.01. The molecule has 2 aromatic rings. The fourth-order valence-corrected chi connectivity index (χ4v) is 3.35. The van der Waals surface area contributed by atoms with Crippen molar-refractivity contribution in [2.75, 3.05) is 6.54 Å². The Morgan fingerprint density at radius 3 is 2.00 bits per heavy atom. The lowest BCUT2D eigenvalue weighted by atomic mass is 9.79. The van der Waals surface area contributed by atoms with Crippen LogP contribution in [0, 0.1) is 0 Å². The van der Waals surface area contributed by atoms with Crippen LogP contribution < -0.4 is 0 Å². The Balaban J connectivity index is 1.91. The van der Waals surface area contributed by atoms with Gasteiger partial charge in [0.2, 0.25) is 5.91 Å². The number of carbonyl (C=O) groups is 1. The second-order valence-electron chi connectivity index (χ2n) is 6.01. The molecule has 1 unspecified atom stereocenters. The number of unbranched alkanes of at least 4 members (excludes halogenated alkanes) is 1. The van der Waals surface area contributed by atoms with Crippen LogP contribution in [0.4, 0.5) is 0 Å². The molecule has 0 aromatic heterocycles. The Kier molecular flexibility index (Phi) is 4.57. The van der Waals surface area contributed by atoms with Crippen molar-refractivity contribution in [1.82, 2.24) is 4.90 Å². The van der Waals surface area contributed by atoms with Gasteiger partial charge in [-0.3, -0.25) is 4.79 Å². The minimum atomic E-state index is 0.275. The zero-order chi connectivity index (χ0) is 15.4. The molecule has 0 radical (unpaired) electrons. The normalized spacial score (nSPS) is 17.6. The number of rotatable bonds is 6. The van der Waals surface area contributed by atoms with E-state index in [2.05, 4.69) is 60.4 Å². The first-order valence-electron chi connectivity index (χ1n) is 8.20. The van der Waals surface area contributed by atoms with Crippen molar-refractivity contribution in [2.45, 2.75) is 38.1 Å². The Labute approximate surface area is 132 Å². The molecular weight excluding hydrogens is 270 g/mol. The van der Waals surface area contributed by atoms with Crippen molar-refractivity contribution in [3.05, 3.63) is 71.8 Å². The highest BCUT2D eigenvalue weighted by Crippen LogP contribution is 2.37. The van der Waals surface area contributed by atoms with Gasteiger partial charge in [0, 0.05) is 18.9 Å². The molecule has 0 saturated carbocycles. The van der Waals surface area contributed by atoms with Crippen LogP contribution in [0.5, 0.6) is 0 Å². The molecule has 22 heavy (non-hydrogen) atoms. The van der Waals surface area contributed by atoms with E-state index in [-0.39, 0.29) is 5.92 Å². The summed E-state index contributed by atoms with van der Waals surface area (Å²) < 4.78 is 0. The lowest BCUT2D eigenvalue weighted by molar-refractivity contribution is -0.146. The fourth-order valence-electron chi connectivity index (χ4n) is 3.35. The molecule has 1 heterocycles. The Morgan fingerprint density at radius 1 is 1.00 bits per heavy atom. The zero-order valence-corrected chi connectivity index (χ0v) is 13.1. The average molecular weight is 293 g/mol. The lowest BCUT2D eigenvalue weighted by Crippen LogP contribution is -2.55. The topological polar surface area (TPSA) is 20.3 Å². The summed E-state index contributed by atoms with van der Waals surface area (Å²) in [4.78, 5) is 14.1. The summed E-state index contributed by atoms with van der Waals surface area (Å²) in [6.45, 7) is 3.06. The Morgan fingerprint density at radius 2 is 1.55 bits per heavy atom. The number of benzene rings is 2. The third-order valence-corrected chi connectivity index (χ3v) is 4.56. The van der Waals surface area contributed by atoms with E-state index in [0.29, 0.717) is 18.4 Å². The first-order chi connectivity index (χ1) is 10.8. The predicted molar refractivity (Wildman–Crippen MR) is 89.8 cm³/mol. The highest BCUT2D eigenvalue weighted by Gasteiger charge is 2.41. The van der Waals surface area contributed by atoms with Crippen LogP contribution in [0.1, 0.15) is 43.2 Å². The van der Waals surface area contributed by atoms with Crippen molar-refractivity contribution in [2.24, 2.45) is 0 Å². The molecule has 0 spiro atoms. The fraction of sp³-hybridized carbons (Fsp3) is 0.350. The van der Waals surface area contributed by atoms with E-state index in [1.165, 1.54) is 11.1 Å². The summed E-state index contributed by atoms with van der Waals surface area (Å²) in [5.74, 6) is 0.576. The van der Waals surface area contributed by atoms with Crippen molar-refractivity contribution in [1.29, 1.82) is 0 Å². The summed E-state index contributed by atoms with van der Waals surface area (Å²) >= 11 is 0. The molecule has 1 atom stereocenters. The molecule has 2 nitrogen and oxygen atoms in total. The summed E-state index contributed by atoms with van der Waals surface area (Å²) in [5.41, 5.74) is 2.60. The van der Waals surface area contributed by atoms with Crippen LogP contribution >= 0.6 is 0 Å². The van der Waals surface area contributed by atoms with Crippen molar-refractivity contribution in [3.63, 3.8) is 0 Å². The standard InChI is InChI=1S/C20H23NO/c1-2-3-14-21-18(15-19(21)22)20(16-10-6-4-7-11-16)17-12-8-5-9-13-17/h4-13,18,20H,2-3,14-15H2,1H3. The third-order valence-electron chi connectivity index (χ3n) is 4.56. The number of hydrogen-bond acceptors (Lipinski definition) is 1. The van der Waals surface area contributed by atoms with Gasteiger partial charge in [0.25, 0.3) is 0 Å². The number of likely N-dealkylation sites (tertiary alicyclic amines) is 1. The van der Waals surface area contributed by atoms with E-state index >= 15 is 0 Å². The number of carbonyl (C=O) groups excluding carboxylic acids is 1. The van der Waals surface area contributed by atoms with Gasteiger partial charge in [-0.25, -0.2) is 0 Å². The Bertz CT molecular complexity index is 569. The van der Waals surface area contributed by atoms with Gasteiger partial charge in [0.1, 0.15) is 0 Å². The molecule has 0 N–H and O–H groups in total. The minimum absolute atomic E-state index is 0.275. The molecule has 2 heteroatoms. The molecule has 1 amide bonds. The Hall–Kier alpha value is -2.09. The van der Waals surface area contributed by atoms with Gasteiger partial charge in [0.15, 0.2) is 0 Å². The summed E-state index contributed by atoms with van der Waals surface area (Å²) in [5, 5.41) is 0. The minimum Gasteiger partial charge on any atom is -0.338 e. The van der Waals surface area contributed by atoms with Crippen LogP contribution in [-0.2, 0) is 4.79 Å². The summed E-state index contributed by atoms with van der Waals surface area (Å²) in [7, 11) is 0. The monoisotopic (exact) mass is 293 g/mol. The van der Waals surface area contributed by atoms with Gasteiger partial charge in [-0.1, -0.05) is 74.0 Å². The number of amides is 1. The van der Waals surface area contributed by atoms with Gasteiger partial charge < -0.3 is 4.90 Å². The van der Waals surface area contributed by atoms with Crippen LogP contribution in [0.2, 0.25) is 0 Å². The number of hydrogen-bond donors (Lipinski definition) is 0. The summed E-state index contributed by atoms with van der Waals surface area (Å²) in [6, 6.07) is 21.4. The largest absolute Gasteiger partial charge is 0.338 e. The first-order valence-corrected chi connectivity index (χ1v) is 8.20. The van der Waals surface area contributed by atoms with Crippen LogP contribution in [0.15, 0.2) is 60.7 Å². The van der Waals surface area contributed by atoms with Crippen molar-refractivity contribution < 1.29 is 4.79 Å². The van der Waals surface area contributed by atoms with Gasteiger partial charge in [0.05, 0.1) is 6.04 Å². The van der Waals surface area contributed by atoms with Gasteiger partial charge in [-0.2, -0.15) is 0 Å². The van der Waals surface area contributed by atoms with E-state index in [4.69, 9.17) is 0 Å².